The molecule has 19 heavy (non-hydrogen) atoms. The lowest BCUT2D eigenvalue weighted by molar-refractivity contribution is 0.0976. The van der Waals surface area contributed by atoms with Crippen molar-refractivity contribution in [3.63, 3.8) is 0 Å². The SMILES string of the molecule is CCCCCCC(=O)c1c(O)ccc(C(C)C)c1C. The third-order valence-corrected chi connectivity index (χ3v) is 3.64. The fraction of sp³-hybridized carbons (Fsp3) is 0.588. The number of unbranched alkanes of at least 4 members (excludes halogenated alkanes) is 3. The number of rotatable bonds is 7. The second-order valence-corrected chi connectivity index (χ2v) is 5.56. The molecule has 106 valence electrons. The van der Waals surface area contributed by atoms with Gasteiger partial charge in [-0.3, -0.25) is 4.79 Å². The number of phenols is 1. The van der Waals surface area contributed by atoms with Crippen LogP contribution >= 0.6 is 0 Å². The lowest BCUT2D eigenvalue weighted by atomic mass is 9.90. The molecule has 1 aromatic rings. The number of hydrogen-bond acceptors (Lipinski definition) is 2. The van der Waals surface area contributed by atoms with Crippen LogP contribution in [0.15, 0.2) is 12.1 Å². The molecule has 0 aliphatic rings. The van der Waals surface area contributed by atoms with Gasteiger partial charge >= 0.3 is 0 Å². The predicted octanol–water partition coefficient (Wildman–Crippen LogP) is 4.98. The minimum atomic E-state index is 0.0774. The second kappa shape index (κ2) is 7.32. The first kappa shape index (κ1) is 15.7. The van der Waals surface area contributed by atoms with Gasteiger partial charge in [0.15, 0.2) is 5.78 Å². The Bertz CT molecular complexity index is 433. The molecule has 2 heteroatoms. The zero-order valence-corrected chi connectivity index (χ0v) is 12.6. The molecule has 1 rings (SSSR count). The van der Waals surface area contributed by atoms with Gasteiger partial charge < -0.3 is 5.11 Å². The summed E-state index contributed by atoms with van der Waals surface area (Å²) in [6.45, 7) is 8.31. The summed E-state index contributed by atoms with van der Waals surface area (Å²) in [5.74, 6) is 0.572. The number of hydrogen-bond donors (Lipinski definition) is 1. The summed E-state index contributed by atoms with van der Waals surface area (Å²) in [7, 11) is 0. The molecule has 0 aliphatic heterocycles. The number of aromatic hydroxyl groups is 1. The van der Waals surface area contributed by atoms with Gasteiger partial charge in [0.2, 0.25) is 0 Å². The molecule has 0 fully saturated rings. The monoisotopic (exact) mass is 262 g/mol. The molecular formula is C17H26O2. The molecule has 1 aromatic carbocycles. The van der Waals surface area contributed by atoms with Crippen molar-refractivity contribution in [1.29, 1.82) is 0 Å². The normalized spacial score (nSPS) is 11.0. The average Bonchev–Trinajstić information content (AvgIpc) is 2.34. The van der Waals surface area contributed by atoms with Crippen LogP contribution in [0.3, 0.4) is 0 Å². The van der Waals surface area contributed by atoms with E-state index in [9.17, 15) is 9.90 Å². The van der Waals surface area contributed by atoms with Crippen molar-refractivity contribution in [2.75, 3.05) is 0 Å². The minimum Gasteiger partial charge on any atom is -0.507 e. The summed E-state index contributed by atoms with van der Waals surface area (Å²) in [6.07, 6.45) is 4.88. The van der Waals surface area contributed by atoms with E-state index >= 15 is 0 Å². The number of carbonyl (C=O) groups excluding carboxylic acids is 1. The maximum absolute atomic E-state index is 12.3. The van der Waals surface area contributed by atoms with Crippen LogP contribution in [-0.2, 0) is 0 Å². The Morgan fingerprint density at radius 1 is 1.21 bits per heavy atom. The molecule has 0 amide bonds. The molecule has 1 N–H and O–H groups in total. The van der Waals surface area contributed by atoms with E-state index in [2.05, 4.69) is 20.8 Å². The molecule has 0 aromatic heterocycles. The van der Waals surface area contributed by atoms with Crippen molar-refractivity contribution in [2.24, 2.45) is 0 Å². The quantitative estimate of drug-likeness (QED) is 0.556. The highest BCUT2D eigenvalue weighted by Gasteiger charge is 2.17. The molecule has 0 unspecified atom stereocenters. The van der Waals surface area contributed by atoms with Crippen molar-refractivity contribution < 1.29 is 9.90 Å². The zero-order valence-electron chi connectivity index (χ0n) is 12.6. The fourth-order valence-electron chi connectivity index (χ4n) is 2.53. The molecule has 0 atom stereocenters. The number of benzene rings is 1. The van der Waals surface area contributed by atoms with E-state index in [0.29, 0.717) is 17.9 Å². The van der Waals surface area contributed by atoms with Crippen molar-refractivity contribution in [2.45, 2.75) is 65.7 Å². The van der Waals surface area contributed by atoms with Gasteiger partial charge in [-0.1, -0.05) is 46.1 Å². The smallest absolute Gasteiger partial charge is 0.166 e. The highest BCUT2D eigenvalue weighted by molar-refractivity contribution is 6.00. The van der Waals surface area contributed by atoms with E-state index in [-0.39, 0.29) is 11.5 Å². The molecule has 0 aliphatic carbocycles. The first-order chi connectivity index (χ1) is 8.99. The minimum absolute atomic E-state index is 0.0774. The van der Waals surface area contributed by atoms with Gasteiger partial charge in [0, 0.05) is 6.42 Å². The van der Waals surface area contributed by atoms with Gasteiger partial charge in [-0.05, 0) is 36.5 Å². The molecule has 0 spiro atoms. The summed E-state index contributed by atoms with van der Waals surface area (Å²) >= 11 is 0. The first-order valence-electron chi connectivity index (χ1n) is 7.34. The Kier molecular flexibility index (Phi) is 6.07. The molecule has 0 radical (unpaired) electrons. The van der Waals surface area contributed by atoms with E-state index in [1.54, 1.807) is 6.07 Å². The third kappa shape index (κ3) is 4.09. The van der Waals surface area contributed by atoms with Gasteiger partial charge in [-0.15, -0.1) is 0 Å². The van der Waals surface area contributed by atoms with Crippen LogP contribution in [-0.4, -0.2) is 10.9 Å². The van der Waals surface area contributed by atoms with E-state index in [0.717, 1.165) is 24.0 Å². The molecular weight excluding hydrogens is 236 g/mol. The Morgan fingerprint density at radius 2 is 1.89 bits per heavy atom. The van der Waals surface area contributed by atoms with Gasteiger partial charge in [-0.25, -0.2) is 0 Å². The lowest BCUT2D eigenvalue weighted by Crippen LogP contribution is -2.05. The van der Waals surface area contributed by atoms with Crippen LogP contribution in [0, 0.1) is 6.92 Å². The van der Waals surface area contributed by atoms with Crippen LogP contribution in [0.4, 0.5) is 0 Å². The highest BCUT2D eigenvalue weighted by atomic mass is 16.3. The second-order valence-electron chi connectivity index (χ2n) is 5.56. The summed E-state index contributed by atoms with van der Waals surface area (Å²) in [4.78, 5) is 12.3. The van der Waals surface area contributed by atoms with Crippen molar-refractivity contribution in [3.8, 4) is 5.75 Å². The van der Waals surface area contributed by atoms with Crippen molar-refractivity contribution >= 4 is 5.78 Å². The van der Waals surface area contributed by atoms with Crippen LogP contribution in [0.25, 0.3) is 0 Å². The Labute approximate surface area is 116 Å². The average molecular weight is 262 g/mol. The molecule has 0 saturated carbocycles. The van der Waals surface area contributed by atoms with E-state index in [1.165, 1.54) is 12.8 Å². The Balaban J connectivity index is 2.86. The topological polar surface area (TPSA) is 37.3 Å². The highest BCUT2D eigenvalue weighted by Crippen LogP contribution is 2.29. The largest absolute Gasteiger partial charge is 0.507 e. The van der Waals surface area contributed by atoms with E-state index in [4.69, 9.17) is 0 Å². The first-order valence-corrected chi connectivity index (χ1v) is 7.34. The van der Waals surface area contributed by atoms with Gasteiger partial charge in [0.1, 0.15) is 5.75 Å². The van der Waals surface area contributed by atoms with E-state index < -0.39 is 0 Å². The summed E-state index contributed by atoms with van der Waals surface area (Å²) in [5.41, 5.74) is 2.62. The predicted molar refractivity (Wildman–Crippen MR) is 80.0 cm³/mol. The molecule has 0 saturated heterocycles. The van der Waals surface area contributed by atoms with Crippen LogP contribution in [0.2, 0.25) is 0 Å². The number of carbonyl (C=O) groups is 1. The summed E-state index contributed by atoms with van der Waals surface area (Å²) in [6, 6.07) is 3.57. The molecule has 0 heterocycles. The van der Waals surface area contributed by atoms with Crippen molar-refractivity contribution in [3.05, 3.63) is 28.8 Å². The fourth-order valence-corrected chi connectivity index (χ4v) is 2.53. The summed E-state index contributed by atoms with van der Waals surface area (Å²) in [5, 5.41) is 9.95. The Hall–Kier alpha value is -1.31. The maximum Gasteiger partial charge on any atom is 0.166 e. The molecule has 2 nitrogen and oxygen atoms in total. The van der Waals surface area contributed by atoms with Gasteiger partial charge in [0.05, 0.1) is 5.56 Å². The van der Waals surface area contributed by atoms with Crippen LogP contribution in [0.5, 0.6) is 5.75 Å². The van der Waals surface area contributed by atoms with Crippen LogP contribution < -0.4 is 0 Å². The van der Waals surface area contributed by atoms with Gasteiger partial charge in [-0.2, -0.15) is 0 Å². The van der Waals surface area contributed by atoms with Gasteiger partial charge in [0.25, 0.3) is 0 Å². The zero-order chi connectivity index (χ0) is 14.4. The number of phenolic OH excluding ortho intramolecular Hbond substituents is 1. The third-order valence-electron chi connectivity index (χ3n) is 3.64. The standard InChI is InChI=1S/C17H26O2/c1-5-6-7-8-9-15(18)17-13(4)14(12(2)3)10-11-16(17)19/h10-12,19H,5-9H2,1-4H3. The number of ketones is 1. The maximum atomic E-state index is 12.3. The van der Waals surface area contributed by atoms with E-state index in [1.807, 2.05) is 13.0 Å². The van der Waals surface area contributed by atoms with Crippen molar-refractivity contribution in [1.82, 2.24) is 0 Å². The van der Waals surface area contributed by atoms with Crippen LogP contribution in [0.1, 0.15) is 80.3 Å². The number of Topliss-reactive ketones (excluding diaryl/α,β-unsaturated/α-hetero) is 1. The summed E-state index contributed by atoms with van der Waals surface area (Å²) < 4.78 is 0. The Morgan fingerprint density at radius 3 is 2.47 bits per heavy atom. The lowest BCUT2D eigenvalue weighted by Gasteiger charge is -2.15. The molecule has 0 bridgehead atoms.